The number of carbonyl (C=O) groups is 3. The summed E-state index contributed by atoms with van der Waals surface area (Å²) in [6.07, 6.45) is 1.52. The SMILES string of the molecule is CNC(=O)C1(C)CC2(C)CC(C)(C1)C(=O)N(C)C2=O. The van der Waals surface area contributed by atoms with Crippen LogP contribution in [-0.2, 0) is 14.4 Å². The van der Waals surface area contributed by atoms with Crippen LogP contribution in [0.1, 0.15) is 40.0 Å². The largest absolute Gasteiger partial charge is 0.359 e. The summed E-state index contributed by atoms with van der Waals surface area (Å²) >= 11 is 0. The zero-order chi connectivity index (χ0) is 14.6. The maximum Gasteiger partial charge on any atom is 0.234 e. The molecule has 0 aromatic heterocycles. The van der Waals surface area contributed by atoms with Gasteiger partial charge in [-0.2, -0.15) is 0 Å². The third-order valence-electron chi connectivity index (χ3n) is 4.76. The fraction of sp³-hybridized carbons (Fsp3) is 0.786. The monoisotopic (exact) mass is 266 g/mol. The molecular formula is C14H22N2O3. The first-order valence-electron chi connectivity index (χ1n) is 6.63. The Labute approximate surface area is 113 Å². The molecule has 2 fully saturated rings. The number of imide groups is 1. The van der Waals surface area contributed by atoms with Gasteiger partial charge in [0.25, 0.3) is 0 Å². The molecule has 19 heavy (non-hydrogen) atoms. The van der Waals surface area contributed by atoms with Gasteiger partial charge in [0.05, 0.1) is 0 Å². The average Bonchev–Trinajstić information content (AvgIpc) is 2.32. The topological polar surface area (TPSA) is 66.5 Å². The average molecular weight is 266 g/mol. The van der Waals surface area contributed by atoms with Crippen molar-refractivity contribution in [3.8, 4) is 0 Å². The molecule has 5 nitrogen and oxygen atoms in total. The zero-order valence-electron chi connectivity index (χ0n) is 12.3. The van der Waals surface area contributed by atoms with E-state index in [1.807, 2.05) is 20.8 Å². The number of nitrogens with zero attached hydrogens (tertiary/aromatic N) is 1. The first-order chi connectivity index (χ1) is 8.58. The fourth-order valence-corrected chi connectivity index (χ4v) is 4.44. The summed E-state index contributed by atoms with van der Waals surface area (Å²) in [6.45, 7) is 5.60. The van der Waals surface area contributed by atoms with Crippen molar-refractivity contribution in [3.63, 3.8) is 0 Å². The van der Waals surface area contributed by atoms with Gasteiger partial charge >= 0.3 is 0 Å². The number of fused-ring (bicyclic) bond motifs is 2. The van der Waals surface area contributed by atoms with Crippen LogP contribution in [0.25, 0.3) is 0 Å². The van der Waals surface area contributed by atoms with Crippen LogP contribution in [0.2, 0.25) is 0 Å². The third-order valence-corrected chi connectivity index (χ3v) is 4.76. The highest BCUT2D eigenvalue weighted by Gasteiger charge is 2.62. The predicted molar refractivity (Wildman–Crippen MR) is 70.0 cm³/mol. The van der Waals surface area contributed by atoms with Gasteiger partial charge in [0.15, 0.2) is 0 Å². The molecule has 1 aliphatic carbocycles. The second-order valence-corrected chi connectivity index (χ2v) is 6.96. The van der Waals surface area contributed by atoms with Gasteiger partial charge in [-0.15, -0.1) is 0 Å². The summed E-state index contributed by atoms with van der Waals surface area (Å²) in [4.78, 5) is 38.2. The van der Waals surface area contributed by atoms with Gasteiger partial charge in [-0.25, -0.2) is 0 Å². The Kier molecular flexibility index (Phi) is 2.81. The highest BCUT2D eigenvalue weighted by molar-refractivity contribution is 6.04. The van der Waals surface area contributed by atoms with Gasteiger partial charge in [-0.05, 0) is 19.3 Å². The van der Waals surface area contributed by atoms with E-state index in [2.05, 4.69) is 5.32 Å². The maximum absolute atomic E-state index is 12.4. The van der Waals surface area contributed by atoms with Crippen molar-refractivity contribution in [3.05, 3.63) is 0 Å². The van der Waals surface area contributed by atoms with Gasteiger partial charge in [-0.3, -0.25) is 19.3 Å². The van der Waals surface area contributed by atoms with E-state index >= 15 is 0 Å². The van der Waals surface area contributed by atoms with Gasteiger partial charge in [0.1, 0.15) is 0 Å². The summed E-state index contributed by atoms with van der Waals surface area (Å²) in [7, 11) is 3.14. The number of carbonyl (C=O) groups excluding carboxylic acids is 3. The highest BCUT2D eigenvalue weighted by Crippen LogP contribution is 2.58. The molecule has 0 aromatic rings. The van der Waals surface area contributed by atoms with Crippen LogP contribution < -0.4 is 5.32 Å². The minimum absolute atomic E-state index is 0.0881. The van der Waals surface area contributed by atoms with Crippen LogP contribution in [0.4, 0.5) is 0 Å². The molecule has 0 radical (unpaired) electrons. The van der Waals surface area contributed by atoms with Crippen LogP contribution in [-0.4, -0.2) is 36.7 Å². The number of likely N-dealkylation sites (tertiary alicyclic amines) is 1. The van der Waals surface area contributed by atoms with E-state index in [0.717, 1.165) is 0 Å². The second kappa shape index (κ2) is 3.81. The zero-order valence-corrected chi connectivity index (χ0v) is 12.3. The summed E-state index contributed by atoms with van der Waals surface area (Å²) in [5, 5.41) is 2.66. The van der Waals surface area contributed by atoms with E-state index in [1.165, 1.54) is 4.90 Å². The summed E-state index contributed by atoms with van der Waals surface area (Å²) in [5.41, 5.74) is -1.92. The molecule has 2 aliphatic rings. The number of amides is 3. The number of rotatable bonds is 1. The lowest BCUT2D eigenvalue weighted by atomic mass is 9.51. The van der Waals surface area contributed by atoms with Crippen molar-refractivity contribution < 1.29 is 14.4 Å². The minimum Gasteiger partial charge on any atom is -0.359 e. The molecule has 2 unspecified atom stereocenters. The molecule has 2 rings (SSSR count). The van der Waals surface area contributed by atoms with Crippen LogP contribution in [0, 0.1) is 16.2 Å². The molecule has 106 valence electrons. The molecule has 0 spiro atoms. The van der Waals surface area contributed by atoms with Gasteiger partial charge < -0.3 is 5.32 Å². The van der Waals surface area contributed by atoms with E-state index in [4.69, 9.17) is 0 Å². The Morgan fingerprint density at radius 1 is 1.05 bits per heavy atom. The van der Waals surface area contributed by atoms with E-state index in [1.54, 1.807) is 14.1 Å². The van der Waals surface area contributed by atoms with Crippen LogP contribution >= 0.6 is 0 Å². The molecule has 1 N–H and O–H groups in total. The number of piperidine rings is 1. The molecule has 2 atom stereocenters. The Bertz CT molecular complexity index is 439. The first kappa shape index (κ1) is 14.0. The van der Waals surface area contributed by atoms with Crippen molar-refractivity contribution >= 4 is 17.7 Å². The third kappa shape index (κ3) is 1.78. The van der Waals surface area contributed by atoms with Crippen LogP contribution in [0.5, 0.6) is 0 Å². The Balaban J connectivity index is 2.50. The van der Waals surface area contributed by atoms with Crippen molar-refractivity contribution in [2.24, 2.45) is 16.2 Å². The van der Waals surface area contributed by atoms with Gasteiger partial charge in [-0.1, -0.05) is 20.8 Å². The van der Waals surface area contributed by atoms with E-state index < -0.39 is 16.2 Å². The number of nitrogens with one attached hydrogen (secondary N) is 1. The normalized spacial score (nSPS) is 42.3. The molecule has 0 aromatic carbocycles. The molecule has 1 saturated carbocycles. The number of hydrogen-bond acceptors (Lipinski definition) is 3. The standard InChI is InChI=1S/C14H22N2O3/c1-12(9(17)15-4)6-13(2)8-14(3,7-12)11(19)16(5)10(13)18/h6-8H2,1-5H3,(H,15,17). The van der Waals surface area contributed by atoms with Crippen molar-refractivity contribution in [2.45, 2.75) is 40.0 Å². The van der Waals surface area contributed by atoms with Crippen LogP contribution in [0.3, 0.4) is 0 Å². The van der Waals surface area contributed by atoms with Crippen molar-refractivity contribution in [1.82, 2.24) is 10.2 Å². The lowest BCUT2D eigenvalue weighted by Crippen LogP contribution is -2.63. The Morgan fingerprint density at radius 2 is 1.47 bits per heavy atom. The van der Waals surface area contributed by atoms with Gasteiger partial charge in [0, 0.05) is 30.3 Å². The summed E-state index contributed by atoms with van der Waals surface area (Å²) in [6, 6.07) is 0. The molecule has 1 saturated heterocycles. The number of hydrogen-bond donors (Lipinski definition) is 1. The molecule has 3 amide bonds. The molecular weight excluding hydrogens is 244 g/mol. The predicted octanol–water partition coefficient (Wildman–Crippen LogP) is 0.934. The summed E-state index contributed by atoms with van der Waals surface area (Å²) in [5.74, 6) is -0.413. The maximum atomic E-state index is 12.4. The van der Waals surface area contributed by atoms with E-state index in [-0.39, 0.29) is 17.7 Å². The first-order valence-corrected chi connectivity index (χ1v) is 6.63. The second-order valence-electron chi connectivity index (χ2n) is 6.96. The highest BCUT2D eigenvalue weighted by atomic mass is 16.2. The van der Waals surface area contributed by atoms with Crippen molar-refractivity contribution in [1.29, 1.82) is 0 Å². The Hall–Kier alpha value is -1.39. The lowest BCUT2D eigenvalue weighted by Gasteiger charge is -2.55. The van der Waals surface area contributed by atoms with E-state index in [9.17, 15) is 14.4 Å². The minimum atomic E-state index is -0.664. The Morgan fingerprint density at radius 3 is 1.84 bits per heavy atom. The molecule has 1 aliphatic heterocycles. The van der Waals surface area contributed by atoms with Gasteiger partial charge in [0.2, 0.25) is 17.7 Å². The van der Waals surface area contributed by atoms with E-state index in [0.29, 0.717) is 19.3 Å². The molecule has 1 heterocycles. The smallest absolute Gasteiger partial charge is 0.234 e. The summed E-state index contributed by atoms with van der Waals surface area (Å²) < 4.78 is 0. The van der Waals surface area contributed by atoms with Crippen LogP contribution in [0.15, 0.2) is 0 Å². The quantitative estimate of drug-likeness (QED) is 0.718. The lowest BCUT2D eigenvalue weighted by molar-refractivity contribution is -0.178. The molecule has 2 bridgehead atoms. The van der Waals surface area contributed by atoms with Crippen molar-refractivity contribution in [2.75, 3.05) is 14.1 Å². The molecule has 5 heteroatoms. The fourth-order valence-electron chi connectivity index (χ4n) is 4.44.